The lowest BCUT2D eigenvalue weighted by molar-refractivity contribution is 0.102. The molecule has 3 rings (SSSR count). The number of aromatic nitrogens is 1. The number of hydrogen-bond donors (Lipinski definition) is 2. The van der Waals surface area contributed by atoms with E-state index in [9.17, 15) is 13.6 Å². The number of para-hydroxylation sites is 1. The number of anilines is 4. The van der Waals surface area contributed by atoms with Crippen LogP contribution in [0.2, 0.25) is 0 Å². The zero-order chi connectivity index (χ0) is 20.8. The summed E-state index contributed by atoms with van der Waals surface area (Å²) in [6.07, 6.45) is 2.90. The van der Waals surface area contributed by atoms with Gasteiger partial charge in [-0.05, 0) is 56.3 Å². The van der Waals surface area contributed by atoms with E-state index in [0.29, 0.717) is 5.69 Å². The molecule has 1 heterocycles. The van der Waals surface area contributed by atoms with Crippen molar-refractivity contribution in [3.63, 3.8) is 0 Å². The second-order valence-corrected chi connectivity index (χ2v) is 6.36. The third-order valence-electron chi connectivity index (χ3n) is 4.49. The summed E-state index contributed by atoms with van der Waals surface area (Å²) in [6.45, 7) is 6.05. The smallest absolute Gasteiger partial charge is 0.257 e. The fraction of sp³-hybridized carbons (Fsp3) is 0.182. The molecule has 2 aromatic carbocycles. The molecule has 2 N–H and O–H groups in total. The van der Waals surface area contributed by atoms with Gasteiger partial charge in [0.25, 0.3) is 5.91 Å². The highest BCUT2D eigenvalue weighted by molar-refractivity contribution is 6.04. The van der Waals surface area contributed by atoms with Crippen LogP contribution in [0.15, 0.2) is 60.9 Å². The van der Waals surface area contributed by atoms with Crippen LogP contribution in [0.3, 0.4) is 0 Å². The predicted octanol–water partition coefficient (Wildman–Crippen LogP) is 5.20. The topological polar surface area (TPSA) is 57.3 Å². The van der Waals surface area contributed by atoms with Gasteiger partial charge in [0.1, 0.15) is 17.3 Å². The predicted molar refractivity (Wildman–Crippen MR) is 112 cm³/mol. The molecule has 1 aromatic heterocycles. The Bertz CT molecular complexity index is 968. The van der Waals surface area contributed by atoms with Crippen LogP contribution in [0.1, 0.15) is 24.2 Å². The normalized spacial score (nSPS) is 10.5. The molecule has 0 bridgehead atoms. The van der Waals surface area contributed by atoms with Crippen molar-refractivity contribution in [1.29, 1.82) is 0 Å². The molecule has 0 saturated carbocycles. The number of nitrogens with zero attached hydrogens (tertiary/aromatic N) is 2. The molecule has 0 aliphatic carbocycles. The fourth-order valence-corrected chi connectivity index (χ4v) is 2.95. The van der Waals surface area contributed by atoms with Crippen LogP contribution < -0.4 is 15.5 Å². The molecular weight excluding hydrogens is 374 g/mol. The number of halogens is 2. The molecule has 29 heavy (non-hydrogen) atoms. The maximum absolute atomic E-state index is 13.7. The lowest BCUT2D eigenvalue weighted by Gasteiger charge is -2.21. The number of rotatable bonds is 7. The first kappa shape index (κ1) is 20.3. The number of hydrogen-bond acceptors (Lipinski definition) is 4. The molecule has 0 aliphatic heterocycles. The summed E-state index contributed by atoms with van der Waals surface area (Å²) < 4.78 is 27.5. The Balaban J connectivity index is 1.73. The average Bonchev–Trinajstić information content (AvgIpc) is 2.73. The summed E-state index contributed by atoms with van der Waals surface area (Å²) in [5, 5.41) is 5.44. The van der Waals surface area contributed by atoms with Gasteiger partial charge in [-0.2, -0.15) is 0 Å². The highest BCUT2D eigenvalue weighted by Crippen LogP contribution is 2.22. The molecule has 0 saturated heterocycles. The van der Waals surface area contributed by atoms with E-state index in [1.807, 2.05) is 24.3 Å². The van der Waals surface area contributed by atoms with Crippen molar-refractivity contribution in [2.75, 3.05) is 28.6 Å². The zero-order valence-corrected chi connectivity index (χ0v) is 16.2. The van der Waals surface area contributed by atoms with Crippen LogP contribution in [0, 0.1) is 11.6 Å². The second-order valence-electron chi connectivity index (χ2n) is 6.36. The van der Waals surface area contributed by atoms with E-state index < -0.39 is 23.2 Å². The van der Waals surface area contributed by atoms with E-state index in [0.717, 1.165) is 36.6 Å². The minimum Gasteiger partial charge on any atom is -0.372 e. The summed E-state index contributed by atoms with van der Waals surface area (Å²) in [7, 11) is 0. The molecule has 0 spiro atoms. The minimum absolute atomic E-state index is 0.178. The highest BCUT2D eigenvalue weighted by atomic mass is 19.1. The molecule has 3 aromatic rings. The van der Waals surface area contributed by atoms with Gasteiger partial charge in [0, 0.05) is 30.7 Å². The van der Waals surface area contributed by atoms with E-state index in [4.69, 9.17) is 0 Å². The van der Waals surface area contributed by atoms with Crippen molar-refractivity contribution in [2.24, 2.45) is 0 Å². The van der Waals surface area contributed by atoms with Gasteiger partial charge in [-0.15, -0.1) is 0 Å². The number of pyridine rings is 1. The Labute approximate surface area is 168 Å². The van der Waals surface area contributed by atoms with Gasteiger partial charge in [0.15, 0.2) is 0 Å². The summed E-state index contributed by atoms with van der Waals surface area (Å²) >= 11 is 0. The van der Waals surface area contributed by atoms with E-state index in [2.05, 4.69) is 34.4 Å². The van der Waals surface area contributed by atoms with Crippen molar-refractivity contribution in [3.05, 3.63) is 78.1 Å². The summed E-state index contributed by atoms with van der Waals surface area (Å²) in [4.78, 5) is 18.7. The largest absolute Gasteiger partial charge is 0.372 e. The Morgan fingerprint density at radius 1 is 0.966 bits per heavy atom. The van der Waals surface area contributed by atoms with Gasteiger partial charge >= 0.3 is 0 Å². The number of benzene rings is 2. The van der Waals surface area contributed by atoms with Crippen LogP contribution in [0.25, 0.3) is 0 Å². The van der Waals surface area contributed by atoms with Gasteiger partial charge in [0.2, 0.25) is 0 Å². The summed E-state index contributed by atoms with van der Waals surface area (Å²) in [5.74, 6) is -2.33. The van der Waals surface area contributed by atoms with Gasteiger partial charge in [-0.3, -0.25) is 9.78 Å². The third-order valence-corrected chi connectivity index (χ3v) is 4.49. The molecule has 0 atom stereocenters. The molecule has 0 aliphatic rings. The maximum Gasteiger partial charge on any atom is 0.257 e. The van der Waals surface area contributed by atoms with Gasteiger partial charge in [0.05, 0.1) is 17.4 Å². The zero-order valence-electron chi connectivity index (χ0n) is 16.2. The molecule has 7 heteroatoms. The van der Waals surface area contributed by atoms with Gasteiger partial charge in [-0.1, -0.05) is 6.07 Å². The first-order valence-corrected chi connectivity index (χ1v) is 9.34. The molecule has 5 nitrogen and oxygen atoms in total. The lowest BCUT2D eigenvalue weighted by atomic mass is 10.2. The quantitative estimate of drug-likeness (QED) is 0.576. The summed E-state index contributed by atoms with van der Waals surface area (Å²) in [6, 6.07) is 12.9. The van der Waals surface area contributed by atoms with Crippen molar-refractivity contribution in [1.82, 2.24) is 4.98 Å². The van der Waals surface area contributed by atoms with Crippen LogP contribution >= 0.6 is 0 Å². The Morgan fingerprint density at radius 3 is 2.24 bits per heavy atom. The van der Waals surface area contributed by atoms with Crippen molar-refractivity contribution in [3.8, 4) is 0 Å². The summed E-state index contributed by atoms with van der Waals surface area (Å²) in [5.41, 5.74) is 2.24. The van der Waals surface area contributed by atoms with Crippen molar-refractivity contribution >= 4 is 28.7 Å². The van der Waals surface area contributed by atoms with Gasteiger partial charge in [-0.25, -0.2) is 8.78 Å². The monoisotopic (exact) mass is 396 g/mol. The minimum atomic E-state index is -0.839. The molecule has 0 radical (unpaired) electrons. The molecule has 0 unspecified atom stereocenters. The van der Waals surface area contributed by atoms with E-state index in [-0.39, 0.29) is 5.56 Å². The third kappa shape index (κ3) is 4.87. The first-order valence-electron chi connectivity index (χ1n) is 9.34. The number of nitrogens with one attached hydrogen (secondary N) is 2. The van der Waals surface area contributed by atoms with E-state index >= 15 is 0 Å². The second kappa shape index (κ2) is 9.14. The first-order chi connectivity index (χ1) is 14.0. The highest BCUT2D eigenvalue weighted by Gasteiger charge is 2.14. The molecular formula is C22H22F2N4O. The van der Waals surface area contributed by atoms with Gasteiger partial charge < -0.3 is 15.5 Å². The molecule has 1 amide bonds. The molecule has 150 valence electrons. The number of carbonyl (C=O) groups excluding carboxylic acids is 1. The Morgan fingerprint density at radius 2 is 1.62 bits per heavy atom. The van der Waals surface area contributed by atoms with Crippen LogP contribution in [-0.4, -0.2) is 24.0 Å². The standard InChI is InChI=1S/C22H22F2N4O/c1-3-28(4-2)18-10-8-16(9-11-18)26-17-12-15(13-25-14-17)22(29)27-21-19(23)6-5-7-20(21)24/h5-14,26H,3-4H2,1-2H3,(H,27,29). The van der Waals surface area contributed by atoms with Crippen molar-refractivity contribution < 1.29 is 13.6 Å². The van der Waals surface area contributed by atoms with Crippen LogP contribution in [0.5, 0.6) is 0 Å². The van der Waals surface area contributed by atoms with Crippen LogP contribution in [-0.2, 0) is 0 Å². The maximum atomic E-state index is 13.7. The van der Waals surface area contributed by atoms with E-state index in [1.54, 1.807) is 12.3 Å². The lowest BCUT2D eigenvalue weighted by Crippen LogP contribution is -2.21. The number of amides is 1. The Kier molecular flexibility index (Phi) is 6.39. The molecule has 0 fully saturated rings. The van der Waals surface area contributed by atoms with Crippen LogP contribution in [0.4, 0.5) is 31.5 Å². The Hall–Kier alpha value is -3.48. The average molecular weight is 396 g/mol. The van der Waals surface area contributed by atoms with E-state index in [1.165, 1.54) is 12.3 Å². The number of carbonyl (C=O) groups is 1. The SMILES string of the molecule is CCN(CC)c1ccc(Nc2cncc(C(=O)Nc3c(F)cccc3F)c2)cc1. The van der Waals surface area contributed by atoms with Crippen molar-refractivity contribution in [2.45, 2.75) is 13.8 Å². The fourth-order valence-electron chi connectivity index (χ4n) is 2.95.